The molecular formula is C11H20N2O2. The van der Waals surface area contributed by atoms with Crippen LogP contribution in [0.3, 0.4) is 0 Å². The van der Waals surface area contributed by atoms with Crippen LogP contribution in [0.25, 0.3) is 0 Å². The zero-order chi connectivity index (χ0) is 10.9. The van der Waals surface area contributed by atoms with Crippen LogP contribution in [-0.4, -0.2) is 37.2 Å². The van der Waals surface area contributed by atoms with Crippen LogP contribution < -0.4 is 10.6 Å². The molecule has 1 atom stereocenters. The molecule has 2 aliphatic heterocycles. The summed E-state index contributed by atoms with van der Waals surface area (Å²) < 4.78 is 5.37. The Kier molecular flexibility index (Phi) is 2.98. The summed E-state index contributed by atoms with van der Waals surface area (Å²) in [5, 5.41) is 6.54. The summed E-state index contributed by atoms with van der Waals surface area (Å²) in [6.45, 7) is 6.50. The molecule has 0 aromatic carbocycles. The molecule has 2 heterocycles. The first kappa shape index (κ1) is 10.9. The van der Waals surface area contributed by atoms with Gasteiger partial charge in [-0.05, 0) is 18.8 Å². The van der Waals surface area contributed by atoms with Crippen molar-refractivity contribution in [3.05, 3.63) is 0 Å². The third kappa shape index (κ3) is 2.16. The van der Waals surface area contributed by atoms with Gasteiger partial charge in [-0.2, -0.15) is 0 Å². The first-order valence-electron chi connectivity index (χ1n) is 5.76. The van der Waals surface area contributed by atoms with Crippen molar-refractivity contribution in [2.24, 2.45) is 5.92 Å². The van der Waals surface area contributed by atoms with Crippen LogP contribution in [0.4, 0.5) is 0 Å². The fraction of sp³-hybridized carbons (Fsp3) is 0.909. The van der Waals surface area contributed by atoms with E-state index in [-0.39, 0.29) is 17.5 Å². The van der Waals surface area contributed by atoms with Crippen molar-refractivity contribution in [1.29, 1.82) is 0 Å². The van der Waals surface area contributed by atoms with E-state index in [0.29, 0.717) is 5.92 Å². The largest absolute Gasteiger partial charge is 0.381 e. The van der Waals surface area contributed by atoms with E-state index in [1.54, 1.807) is 0 Å². The monoisotopic (exact) mass is 212 g/mol. The molecule has 0 radical (unpaired) electrons. The van der Waals surface area contributed by atoms with Gasteiger partial charge < -0.3 is 10.1 Å². The Morgan fingerprint density at radius 1 is 1.40 bits per heavy atom. The lowest BCUT2D eigenvalue weighted by atomic mass is 9.85. The van der Waals surface area contributed by atoms with Crippen molar-refractivity contribution >= 4 is 5.91 Å². The van der Waals surface area contributed by atoms with Crippen LogP contribution >= 0.6 is 0 Å². The molecule has 15 heavy (non-hydrogen) atoms. The Morgan fingerprint density at radius 2 is 2.07 bits per heavy atom. The van der Waals surface area contributed by atoms with E-state index < -0.39 is 0 Å². The SMILES string of the molecule is CC(C)[C@@H]1NC2(CCOCC2)CNC1=O. The lowest BCUT2D eigenvalue weighted by Crippen LogP contribution is -2.68. The summed E-state index contributed by atoms with van der Waals surface area (Å²) in [5.74, 6) is 0.479. The van der Waals surface area contributed by atoms with Crippen LogP contribution in [0.2, 0.25) is 0 Å². The maximum Gasteiger partial charge on any atom is 0.237 e. The van der Waals surface area contributed by atoms with E-state index in [0.717, 1.165) is 32.6 Å². The molecule has 1 amide bonds. The highest BCUT2D eigenvalue weighted by Crippen LogP contribution is 2.24. The van der Waals surface area contributed by atoms with Crippen molar-refractivity contribution in [3.63, 3.8) is 0 Å². The average molecular weight is 212 g/mol. The molecule has 2 aliphatic rings. The van der Waals surface area contributed by atoms with Gasteiger partial charge in [0.15, 0.2) is 0 Å². The zero-order valence-corrected chi connectivity index (χ0v) is 9.51. The number of hydrogen-bond donors (Lipinski definition) is 2. The number of carbonyl (C=O) groups excluding carboxylic acids is 1. The zero-order valence-electron chi connectivity index (χ0n) is 9.51. The molecular weight excluding hydrogens is 192 g/mol. The summed E-state index contributed by atoms with van der Waals surface area (Å²) >= 11 is 0. The number of ether oxygens (including phenoxy) is 1. The van der Waals surface area contributed by atoms with Gasteiger partial charge in [-0.25, -0.2) is 0 Å². The maximum atomic E-state index is 11.7. The van der Waals surface area contributed by atoms with E-state index in [1.807, 2.05) is 0 Å². The van der Waals surface area contributed by atoms with Crippen molar-refractivity contribution < 1.29 is 9.53 Å². The summed E-state index contributed by atoms with van der Waals surface area (Å²) in [5.41, 5.74) is 0.0844. The van der Waals surface area contributed by atoms with Gasteiger partial charge >= 0.3 is 0 Å². The second-order valence-corrected chi connectivity index (χ2v) is 4.98. The fourth-order valence-electron chi connectivity index (χ4n) is 2.37. The third-order valence-electron chi connectivity index (χ3n) is 3.46. The minimum Gasteiger partial charge on any atom is -0.381 e. The van der Waals surface area contributed by atoms with Crippen LogP contribution in [0.1, 0.15) is 26.7 Å². The van der Waals surface area contributed by atoms with Gasteiger partial charge in [0.2, 0.25) is 5.91 Å². The highest BCUT2D eigenvalue weighted by molar-refractivity contribution is 5.83. The first-order chi connectivity index (χ1) is 7.13. The summed E-state index contributed by atoms with van der Waals surface area (Å²) in [6, 6.07) is -0.0446. The Hall–Kier alpha value is -0.610. The van der Waals surface area contributed by atoms with E-state index in [4.69, 9.17) is 4.74 Å². The van der Waals surface area contributed by atoms with Gasteiger partial charge in [-0.3, -0.25) is 10.1 Å². The molecule has 2 fully saturated rings. The van der Waals surface area contributed by atoms with Gasteiger partial charge in [0.25, 0.3) is 0 Å². The molecule has 0 aliphatic carbocycles. The highest BCUT2D eigenvalue weighted by Gasteiger charge is 2.41. The molecule has 0 unspecified atom stereocenters. The minimum absolute atomic E-state index is 0.0446. The number of amides is 1. The highest BCUT2D eigenvalue weighted by atomic mass is 16.5. The second-order valence-electron chi connectivity index (χ2n) is 4.98. The average Bonchev–Trinajstić information content (AvgIpc) is 2.23. The van der Waals surface area contributed by atoms with E-state index in [2.05, 4.69) is 24.5 Å². The van der Waals surface area contributed by atoms with E-state index in [9.17, 15) is 4.79 Å². The van der Waals surface area contributed by atoms with E-state index in [1.165, 1.54) is 0 Å². The Morgan fingerprint density at radius 3 is 2.67 bits per heavy atom. The Balaban J connectivity index is 2.06. The smallest absolute Gasteiger partial charge is 0.237 e. The predicted molar refractivity (Wildman–Crippen MR) is 57.6 cm³/mol. The number of piperazine rings is 1. The maximum absolute atomic E-state index is 11.7. The number of rotatable bonds is 1. The lowest BCUT2D eigenvalue weighted by molar-refractivity contribution is -0.129. The fourth-order valence-corrected chi connectivity index (χ4v) is 2.37. The van der Waals surface area contributed by atoms with Crippen LogP contribution in [0.5, 0.6) is 0 Å². The van der Waals surface area contributed by atoms with Crippen LogP contribution in [-0.2, 0) is 9.53 Å². The molecule has 0 aromatic heterocycles. The first-order valence-corrected chi connectivity index (χ1v) is 5.76. The predicted octanol–water partition coefficient (Wildman–Crippen LogP) is 0.280. The van der Waals surface area contributed by atoms with Gasteiger partial charge in [0.1, 0.15) is 0 Å². The molecule has 2 rings (SSSR count). The molecule has 0 aromatic rings. The van der Waals surface area contributed by atoms with Crippen LogP contribution in [0, 0.1) is 5.92 Å². The van der Waals surface area contributed by atoms with Gasteiger partial charge in [-0.15, -0.1) is 0 Å². The van der Waals surface area contributed by atoms with Crippen molar-refractivity contribution in [2.45, 2.75) is 38.3 Å². The van der Waals surface area contributed by atoms with Crippen LogP contribution in [0.15, 0.2) is 0 Å². The van der Waals surface area contributed by atoms with Gasteiger partial charge in [-0.1, -0.05) is 13.8 Å². The van der Waals surface area contributed by atoms with E-state index >= 15 is 0 Å². The van der Waals surface area contributed by atoms with Crippen molar-refractivity contribution in [3.8, 4) is 0 Å². The Bertz CT molecular complexity index is 247. The second kappa shape index (κ2) is 4.10. The molecule has 2 saturated heterocycles. The molecule has 0 bridgehead atoms. The number of hydrogen-bond acceptors (Lipinski definition) is 3. The van der Waals surface area contributed by atoms with Gasteiger partial charge in [0.05, 0.1) is 6.04 Å². The molecule has 0 saturated carbocycles. The van der Waals surface area contributed by atoms with Gasteiger partial charge in [0, 0.05) is 25.3 Å². The Labute approximate surface area is 90.8 Å². The molecule has 2 N–H and O–H groups in total. The van der Waals surface area contributed by atoms with Crippen molar-refractivity contribution in [1.82, 2.24) is 10.6 Å². The molecule has 4 nitrogen and oxygen atoms in total. The molecule has 86 valence electrons. The summed E-state index contributed by atoms with van der Waals surface area (Å²) in [6.07, 6.45) is 1.99. The van der Waals surface area contributed by atoms with Crippen molar-refractivity contribution in [2.75, 3.05) is 19.8 Å². The quantitative estimate of drug-likeness (QED) is 0.656. The minimum atomic E-state index is -0.0446. The summed E-state index contributed by atoms with van der Waals surface area (Å²) in [7, 11) is 0. The topological polar surface area (TPSA) is 50.4 Å². The summed E-state index contributed by atoms with van der Waals surface area (Å²) in [4.78, 5) is 11.7. The molecule has 1 spiro atoms. The molecule has 4 heteroatoms. The third-order valence-corrected chi connectivity index (χ3v) is 3.46. The lowest BCUT2D eigenvalue weighted by Gasteiger charge is -2.45. The standard InChI is InChI=1S/C11H20N2O2/c1-8(2)9-10(14)12-7-11(13-9)3-5-15-6-4-11/h8-9,13H,3-7H2,1-2H3,(H,12,14)/t9-/m0/s1. The number of carbonyl (C=O) groups is 1. The number of nitrogens with one attached hydrogen (secondary N) is 2. The normalized spacial score (nSPS) is 30.6.